The van der Waals surface area contributed by atoms with Crippen LogP contribution in [0.1, 0.15) is 31.0 Å². The van der Waals surface area contributed by atoms with Crippen LogP contribution in [0.2, 0.25) is 5.02 Å². The molecule has 3 rings (SSSR count). The van der Waals surface area contributed by atoms with Crippen molar-refractivity contribution < 1.29 is 24.2 Å². The number of methoxy groups -OCH3 is 2. The topological polar surface area (TPSA) is 76.1 Å². The van der Waals surface area contributed by atoms with Crippen LogP contribution in [0.5, 0.6) is 11.5 Å². The summed E-state index contributed by atoms with van der Waals surface area (Å²) in [7, 11) is 3.05. The predicted octanol–water partition coefficient (Wildman–Crippen LogP) is 4.43. The number of likely N-dealkylation sites (tertiary alicyclic amines) is 1. The van der Waals surface area contributed by atoms with Crippen LogP contribution in [-0.2, 0) is 9.59 Å². The second-order valence-electron chi connectivity index (χ2n) is 7.46. The Morgan fingerprint density at radius 3 is 2.33 bits per heavy atom. The van der Waals surface area contributed by atoms with Crippen LogP contribution in [0.15, 0.2) is 48.0 Å². The molecule has 0 radical (unpaired) electrons. The van der Waals surface area contributed by atoms with Crippen LogP contribution >= 0.6 is 11.6 Å². The first-order valence-corrected chi connectivity index (χ1v) is 9.92. The normalized spacial score (nSPS) is 18.2. The molecule has 2 aromatic carbocycles. The van der Waals surface area contributed by atoms with Gasteiger partial charge in [-0.05, 0) is 42.3 Å². The Morgan fingerprint density at radius 2 is 1.77 bits per heavy atom. The summed E-state index contributed by atoms with van der Waals surface area (Å²) in [6.45, 7) is 4.27. The molecule has 1 unspecified atom stereocenters. The van der Waals surface area contributed by atoms with E-state index >= 15 is 0 Å². The van der Waals surface area contributed by atoms with Crippen LogP contribution in [0.3, 0.4) is 0 Å². The van der Waals surface area contributed by atoms with Crippen molar-refractivity contribution in [1.29, 1.82) is 0 Å². The van der Waals surface area contributed by atoms with E-state index in [-0.39, 0.29) is 17.3 Å². The highest BCUT2D eigenvalue weighted by Crippen LogP contribution is 2.44. The molecule has 1 atom stereocenters. The van der Waals surface area contributed by atoms with Gasteiger partial charge in [-0.25, -0.2) is 0 Å². The monoisotopic (exact) mass is 429 g/mol. The number of Topliss-reactive ketones (excluding diaryl/α,β-unsaturated/α-hetero) is 1. The van der Waals surface area contributed by atoms with Crippen molar-refractivity contribution in [2.45, 2.75) is 19.9 Å². The van der Waals surface area contributed by atoms with Crippen molar-refractivity contribution in [3.8, 4) is 11.5 Å². The van der Waals surface area contributed by atoms with Gasteiger partial charge in [0, 0.05) is 28.8 Å². The first-order valence-electron chi connectivity index (χ1n) is 9.54. The van der Waals surface area contributed by atoms with Crippen molar-refractivity contribution in [3.05, 3.63) is 64.2 Å². The van der Waals surface area contributed by atoms with Gasteiger partial charge in [0.2, 0.25) is 0 Å². The van der Waals surface area contributed by atoms with E-state index in [2.05, 4.69) is 0 Å². The first-order chi connectivity index (χ1) is 14.3. The molecule has 7 heteroatoms. The van der Waals surface area contributed by atoms with E-state index < -0.39 is 17.7 Å². The molecule has 1 fully saturated rings. The summed E-state index contributed by atoms with van der Waals surface area (Å²) in [5.41, 5.74) is 1.01. The molecule has 30 heavy (non-hydrogen) atoms. The van der Waals surface area contributed by atoms with E-state index in [0.29, 0.717) is 34.2 Å². The van der Waals surface area contributed by atoms with Gasteiger partial charge in [-0.1, -0.05) is 25.4 Å². The Morgan fingerprint density at radius 1 is 1.10 bits per heavy atom. The molecule has 0 aromatic heterocycles. The second kappa shape index (κ2) is 8.79. The molecule has 1 amide bonds. The summed E-state index contributed by atoms with van der Waals surface area (Å²) in [6.07, 6.45) is 0. The number of amides is 1. The molecule has 6 nitrogen and oxygen atoms in total. The fourth-order valence-electron chi connectivity index (χ4n) is 3.59. The Bertz CT molecular complexity index is 997. The minimum absolute atomic E-state index is 0.0199. The summed E-state index contributed by atoms with van der Waals surface area (Å²) in [6, 6.07) is 10.8. The third kappa shape index (κ3) is 4.00. The molecule has 1 N–H and O–H groups in total. The molecule has 158 valence electrons. The zero-order valence-corrected chi connectivity index (χ0v) is 18.1. The number of ketones is 1. The summed E-state index contributed by atoms with van der Waals surface area (Å²) in [4.78, 5) is 27.4. The Balaban J connectivity index is 2.24. The highest BCUT2D eigenvalue weighted by atomic mass is 35.5. The van der Waals surface area contributed by atoms with Gasteiger partial charge in [-0.15, -0.1) is 0 Å². The lowest BCUT2D eigenvalue weighted by Gasteiger charge is -2.28. The molecule has 0 bridgehead atoms. The van der Waals surface area contributed by atoms with Gasteiger partial charge in [-0.2, -0.15) is 0 Å². The number of hydrogen-bond acceptors (Lipinski definition) is 5. The molecule has 0 aliphatic carbocycles. The summed E-state index contributed by atoms with van der Waals surface area (Å²) >= 11 is 5.95. The lowest BCUT2D eigenvalue weighted by molar-refractivity contribution is -0.140. The number of carbonyl (C=O) groups excluding carboxylic acids is 2. The van der Waals surface area contributed by atoms with Gasteiger partial charge in [-0.3, -0.25) is 9.59 Å². The molecular weight excluding hydrogens is 406 g/mol. The number of nitrogens with zero attached hydrogens (tertiary/aromatic N) is 1. The second-order valence-corrected chi connectivity index (χ2v) is 7.90. The minimum atomic E-state index is -0.788. The molecule has 1 aliphatic rings. The summed E-state index contributed by atoms with van der Waals surface area (Å²) in [5.74, 6) is -0.483. The van der Waals surface area contributed by atoms with Gasteiger partial charge >= 0.3 is 0 Å². The van der Waals surface area contributed by atoms with Crippen molar-refractivity contribution >= 4 is 29.1 Å². The minimum Gasteiger partial charge on any atom is -0.507 e. The molecular formula is C23H24ClNO5. The number of benzene rings is 2. The number of halogens is 1. The number of aliphatic hydroxyl groups is 1. The van der Waals surface area contributed by atoms with Crippen molar-refractivity contribution in [2.75, 3.05) is 20.8 Å². The number of aliphatic hydroxyl groups excluding tert-OH is 1. The fraction of sp³-hybridized carbons (Fsp3) is 0.304. The summed E-state index contributed by atoms with van der Waals surface area (Å²) < 4.78 is 10.8. The van der Waals surface area contributed by atoms with Gasteiger partial charge in [0.15, 0.2) is 0 Å². The number of carbonyl (C=O) groups is 2. The first kappa shape index (κ1) is 21.7. The van der Waals surface area contributed by atoms with E-state index in [1.54, 1.807) is 49.6 Å². The third-order valence-corrected chi connectivity index (χ3v) is 5.21. The Kier molecular flexibility index (Phi) is 6.37. The Labute approximate surface area is 180 Å². The van der Waals surface area contributed by atoms with Crippen molar-refractivity contribution in [1.82, 2.24) is 4.90 Å². The third-order valence-electron chi connectivity index (χ3n) is 4.95. The molecule has 0 spiro atoms. The highest BCUT2D eigenvalue weighted by molar-refractivity contribution is 6.46. The standard InChI is InChI=1S/C23H24ClNO5/c1-13(2)12-25-20(17-10-9-16(29-3)11-18(17)30-4)19(22(27)23(25)28)21(26)14-5-7-15(24)8-6-14/h5-11,13,20,26H,12H2,1-4H3. The van der Waals surface area contributed by atoms with Gasteiger partial charge < -0.3 is 19.5 Å². The zero-order valence-electron chi connectivity index (χ0n) is 17.3. The average molecular weight is 430 g/mol. The maximum atomic E-state index is 13.0. The van der Waals surface area contributed by atoms with E-state index in [1.165, 1.54) is 12.0 Å². The highest BCUT2D eigenvalue weighted by Gasteiger charge is 2.47. The molecule has 0 saturated carbocycles. The lowest BCUT2D eigenvalue weighted by atomic mass is 9.94. The van der Waals surface area contributed by atoms with E-state index in [9.17, 15) is 14.7 Å². The van der Waals surface area contributed by atoms with E-state index in [4.69, 9.17) is 21.1 Å². The van der Waals surface area contributed by atoms with Crippen molar-refractivity contribution in [2.24, 2.45) is 5.92 Å². The van der Waals surface area contributed by atoms with Crippen LogP contribution in [0, 0.1) is 5.92 Å². The number of rotatable bonds is 6. The SMILES string of the molecule is COc1ccc(C2C(=C(O)c3ccc(Cl)cc3)C(=O)C(=O)N2CC(C)C)c(OC)c1. The van der Waals surface area contributed by atoms with Gasteiger partial charge in [0.05, 0.1) is 25.8 Å². The Hall–Kier alpha value is -2.99. The predicted molar refractivity (Wildman–Crippen MR) is 115 cm³/mol. The lowest BCUT2D eigenvalue weighted by Crippen LogP contribution is -2.33. The van der Waals surface area contributed by atoms with E-state index in [0.717, 1.165) is 0 Å². The van der Waals surface area contributed by atoms with Gasteiger partial charge in [0.25, 0.3) is 11.7 Å². The zero-order chi connectivity index (χ0) is 22.0. The van der Waals surface area contributed by atoms with Crippen LogP contribution in [0.25, 0.3) is 5.76 Å². The maximum Gasteiger partial charge on any atom is 0.295 e. The fourth-order valence-corrected chi connectivity index (χ4v) is 3.72. The average Bonchev–Trinajstić information content (AvgIpc) is 2.97. The van der Waals surface area contributed by atoms with Crippen LogP contribution in [-0.4, -0.2) is 42.5 Å². The molecule has 2 aromatic rings. The smallest absolute Gasteiger partial charge is 0.295 e. The van der Waals surface area contributed by atoms with Gasteiger partial charge in [0.1, 0.15) is 17.3 Å². The van der Waals surface area contributed by atoms with Crippen molar-refractivity contribution in [3.63, 3.8) is 0 Å². The largest absolute Gasteiger partial charge is 0.507 e. The number of hydrogen-bond donors (Lipinski definition) is 1. The molecule has 1 heterocycles. The quantitative estimate of drug-likeness (QED) is 0.417. The summed E-state index contributed by atoms with van der Waals surface area (Å²) in [5, 5.41) is 11.5. The maximum absolute atomic E-state index is 13.0. The number of ether oxygens (including phenoxy) is 2. The molecule has 1 saturated heterocycles. The molecule has 1 aliphatic heterocycles. The van der Waals surface area contributed by atoms with Crippen LogP contribution < -0.4 is 9.47 Å². The van der Waals surface area contributed by atoms with Crippen LogP contribution in [0.4, 0.5) is 0 Å². The van der Waals surface area contributed by atoms with E-state index in [1.807, 2.05) is 13.8 Å².